The topological polar surface area (TPSA) is 40.5 Å². The quantitative estimate of drug-likeness (QED) is 0.849. The van der Waals surface area contributed by atoms with Gasteiger partial charge >= 0.3 is 0 Å². The number of thioether (sulfide) groups is 1. The van der Waals surface area contributed by atoms with Crippen LogP contribution in [0, 0.1) is 11.6 Å². The average Bonchev–Trinajstić information content (AvgIpc) is 2.39. The summed E-state index contributed by atoms with van der Waals surface area (Å²) in [5, 5.41) is 9.82. The number of carbonyl (C=O) groups excluding carboxylic acids is 1. The fraction of sp³-hybridized carbons (Fsp3) is 0.500. The van der Waals surface area contributed by atoms with E-state index in [2.05, 4.69) is 0 Å². The molecule has 0 unspecified atom stereocenters. The predicted molar refractivity (Wildman–Crippen MR) is 73.5 cm³/mol. The first-order valence-electron chi connectivity index (χ1n) is 6.51. The van der Waals surface area contributed by atoms with E-state index in [1.54, 1.807) is 4.90 Å². The smallest absolute Gasteiger partial charge is 0.223 e. The molecule has 0 spiro atoms. The van der Waals surface area contributed by atoms with Gasteiger partial charge in [-0.2, -0.15) is 0 Å². The van der Waals surface area contributed by atoms with Gasteiger partial charge in [-0.3, -0.25) is 4.79 Å². The van der Waals surface area contributed by atoms with E-state index < -0.39 is 17.2 Å². The Morgan fingerprint density at radius 3 is 2.70 bits per heavy atom. The summed E-state index contributed by atoms with van der Waals surface area (Å²) in [6, 6.07) is 3.70. The number of aliphatic hydroxyl groups is 1. The molecule has 0 aromatic heterocycles. The van der Waals surface area contributed by atoms with E-state index in [-0.39, 0.29) is 5.91 Å². The third-order valence-electron chi connectivity index (χ3n) is 3.46. The van der Waals surface area contributed by atoms with Crippen molar-refractivity contribution in [2.45, 2.75) is 30.3 Å². The Hall–Kier alpha value is -1.14. The number of carbonyl (C=O) groups is 1. The summed E-state index contributed by atoms with van der Waals surface area (Å²) in [7, 11) is 0. The molecule has 0 aliphatic carbocycles. The zero-order chi connectivity index (χ0) is 14.8. The van der Waals surface area contributed by atoms with Gasteiger partial charge in [0, 0.05) is 17.1 Å². The number of halogens is 2. The number of likely N-dealkylation sites (tertiary alicyclic amines) is 1. The maximum absolute atomic E-state index is 13.0. The summed E-state index contributed by atoms with van der Waals surface area (Å²) >= 11 is 1.31. The van der Waals surface area contributed by atoms with Gasteiger partial charge in [0.1, 0.15) is 0 Å². The van der Waals surface area contributed by atoms with Crippen molar-refractivity contribution >= 4 is 17.7 Å². The number of benzene rings is 1. The third kappa shape index (κ3) is 3.49. The van der Waals surface area contributed by atoms with Crippen LogP contribution in [0.3, 0.4) is 0 Å². The van der Waals surface area contributed by atoms with E-state index in [1.165, 1.54) is 17.8 Å². The van der Waals surface area contributed by atoms with E-state index >= 15 is 0 Å². The lowest BCUT2D eigenvalue weighted by molar-refractivity contribution is -0.155. The van der Waals surface area contributed by atoms with Crippen molar-refractivity contribution in [2.24, 2.45) is 0 Å². The van der Waals surface area contributed by atoms with Crippen LogP contribution in [-0.2, 0) is 4.79 Å². The van der Waals surface area contributed by atoms with Gasteiger partial charge in [0.2, 0.25) is 5.91 Å². The van der Waals surface area contributed by atoms with Crippen LogP contribution in [0.4, 0.5) is 8.78 Å². The highest BCUT2D eigenvalue weighted by Gasteiger charge is 2.41. The van der Waals surface area contributed by atoms with Gasteiger partial charge in [0.05, 0.1) is 18.7 Å². The molecule has 1 aliphatic rings. The normalized spacial score (nSPS) is 16.9. The lowest BCUT2D eigenvalue weighted by Crippen LogP contribution is -2.63. The highest BCUT2D eigenvalue weighted by atomic mass is 32.2. The molecule has 1 aliphatic heterocycles. The van der Waals surface area contributed by atoms with Gasteiger partial charge in [0.25, 0.3) is 0 Å². The van der Waals surface area contributed by atoms with Crippen molar-refractivity contribution in [1.29, 1.82) is 0 Å². The molecule has 1 amide bonds. The minimum atomic E-state index is -0.878. The molecule has 0 bridgehead atoms. The van der Waals surface area contributed by atoms with Crippen molar-refractivity contribution in [2.75, 3.05) is 18.8 Å². The summed E-state index contributed by atoms with van der Waals surface area (Å²) in [5.41, 5.74) is -0.719. The summed E-state index contributed by atoms with van der Waals surface area (Å²) < 4.78 is 25.7. The summed E-state index contributed by atoms with van der Waals surface area (Å²) in [4.78, 5) is 14.0. The molecule has 6 heteroatoms. The van der Waals surface area contributed by atoms with Gasteiger partial charge in [-0.1, -0.05) is 6.92 Å². The Balaban J connectivity index is 1.73. The Morgan fingerprint density at radius 1 is 1.40 bits per heavy atom. The molecule has 1 heterocycles. The zero-order valence-electron chi connectivity index (χ0n) is 11.2. The van der Waals surface area contributed by atoms with E-state index in [0.717, 1.165) is 12.1 Å². The highest BCUT2D eigenvalue weighted by molar-refractivity contribution is 7.99. The maximum Gasteiger partial charge on any atom is 0.223 e. The van der Waals surface area contributed by atoms with Crippen LogP contribution in [0.5, 0.6) is 0 Å². The number of hydrogen-bond acceptors (Lipinski definition) is 3. The molecule has 1 N–H and O–H groups in total. The Kier molecular flexibility index (Phi) is 4.65. The minimum absolute atomic E-state index is 0.0155. The number of nitrogens with zero attached hydrogens (tertiary/aromatic N) is 1. The van der Waals surface area contributed by atoms with Crippen molar-refractivity contribution in [3.05, 3.63) is 29.8 Å². The molecule has 20 heavy (non-hydrogen) atoms. The molecular weight excluding hydrogens is 284 g/mol. The third-order valence-corrected chi connectivity index (χ3v) is 4.45. The summed E-state index contributed by atoms with van der Waals surface area (Å²) in [6.45, 7) is 2.66. The Morgan fingerprint density at radius 2 is 2.10 bits per heavy atom. The zero-order valence-corrected chi connectivity index (χ0v) is 12.1. The number of hydrogen-bond donors (Lipinski definition) is 1. The van der Waals surface area contributed by atoms with Gasteiger partial charge in [-0.25, -0.2) is 8.78 Å². The largest absolute Gasteiger partial charge is 0.386 e. The molecule has 1 aromatic rings. The molecule has 0 atom stereocenters. The number of β-amino-alcohol motifs (C(OH)–C–C–N with tert-alkyl or cyclic N) is 1. The molecule has 0 saturated carbocycles. The van der Waals surface area contributed by atoms with Gasteiger partial charge in [-0.15, -0.1) is 11.8 Å². The highest BCUT2D eigenvalue weighted by Crippen LogP contribution is 2.26. The van der Waals surface area contributed by atoms with E-state index in [0.29, 0.717) is 36.6 Å². The van der Waals surface area contributed by atoms with Crippen molar-refractivity contribution in [1.82, 2.24) is 4.90 Å². The van der Waals surface area contributed by atoms with Crippen LogP contribution in [0.2, 0.25) is 0 Å². The van der Waals surface area contributed by atoms with Crippen molar-refractivity contribution in [3.63, 3.8) is 0 Å². The molecule has 1 fully saturated rings. The fourth-order valence-electron chi connectivity index (χ4n) is 2.05. The lowest BCUT2D eigenvalue weighted by atomic mass is 9.91. The number of amides is 1. The molecule has 1 aromatic carbocycles. The SMILES string of the molecule is CCC1(O)CN(C(=O)CCSc2ccc(F)c(F)c2)C1. The van der Waals surface area contributed by atoms with Gasteiger partial charge < -0.3 is 10.0 Å². The first-order valence-corrected chi connectivity index (χ1v) is 7.50. The summed E-state index contributed by atoms with van der Waals surface area (Å²) in [5.74, 6) is -1.26. The lowest BCUT2D eigenvalue weighted by Gasteiger charge is -2.46. The van der Waals surface area contributed by atoms with Gasteiger partial charge in [0.15, 0.2) is 11.6 Å². The van der Waals surface area contributed by atoms with Crippen LogP contribution in [0.1, 0.15) is 19.8 Å². The average molecular weight is 301 g/mol. The number of rotatable bonds is 5. The van der Waals surface area contributed by atoms with Crippen LogP contribution in [-0.4, -0.2) is 40.4 Å². The van der Waals surface area contributed by atoms with Crippen molar-refractivity contribution < 1.29 is 18.7 Å². The molecule has 110 valence electrons. The van der Waals surface area contributed by atoms with Crippen LogP contribution in [0.15, 0.2) is 23.1 Å². The van der Waals surface area contributed by atoms with E-state index in [1.807, 2.05) is 6.92 Å². The second-order valence-corrected chi connectivity index (χ2v) is 6.17. The Bertz CT molecular complexity index is 504. The monoisotopic (exact) mass is 301 g/mol. The second kappa shape index (κ2) is 6.10. The fourth-order valence-corrected chi connectivity index (χ4v) is 2.91. The molecular formula is C14H17F2NO2S. The molecule has 0 radical (unpaired) electrons. The maximum atomic E-state index is 13.0. The first kappa shape index (κ1) is 15.3. The minimum Gasteiger partial charge on any atom is -0.386 e. The van der Waals surface area contributed by atoms with Crippen LogP contribution in [0.25, 0.3) is 0 Å². The summed E-state index contributed by atoms with van der Waals surface area (Å²) in [6.07, 6.45) is 0.962. The first-order chi connectivity index (χ1) is 9.43. The molecule has 2 rings (SSSR count). The predicted octanol–water partition coefficient (Wildman–Crippen LogP) is 2.43. The van der Waals surface area contributed by atoms with Crippen molar-refractivity contribution in [3.8, 4) is 0 Å². The molecule has 1 saturated heterocycles. The van der Waals surface area contributed by atoms with E-state index in [4.69, 9.17) is 0 Å². The second-order valence-electron chi connectivity index (χ2n) is 5.00. The standard InChI is InChI=1S/C14H17F2NO2S/c1-2-14(19)8-17(9-14)13(18)5-6-20-10-3-4-11(15)12(16)7-10/h3-4,7,19H,2,5-6,8-9H2,1H3. The molecule has 3 nitrogen and oxygen atoms in total. The van der Waals surface area contributed by atoms with E-state index in [9.17, 15) is 18.7 Å². The Labute approximate surface area is 121 Å². The van der Waals surface area contributed by atoms with Crippen LogP contribution >= 0.6 is 11.8 Å². The van der Waals surface area contributed by atoms with Gasteiger partial charge in [-0.05, 0) is 24.6 Å². The van der Waals surface area contributed by atoms with Crippen LogP contribution < -0.4 is 0 Å².